The van der Waals surface area contributed by atoms with Crippen LogP contribution in [0.5, 0.6) is 0 Å². The van der Waals surface area contributed by atoms with Gasteiger partial charge < -0.3 is 34.3 Å². The molecule has 1 atom stereocenters. The third-order valence-corrected chi connectivity index (χ3v) is 7.39. The van der Waals surface area contributed by atoms with Crippen LogP contribution in [0.1, 0.15) is 76.2 Å². The van der Waals surface area contributed by atoms with E-state index in [2.05, 4.69) is 41.7 Å². The summed E-state index contributed by atoms with van der Waals surface area (Å²) in [6.07, 6.45) is 4.68. The first kappa shape index (κ1) is 41.4. The third-order valence-electron chi connectivity index (χ3n) is 6.55. The van der Waals surface area contributed by atoms with Gasteiger partial charge in [-0.15, -0.1) is 0 Å². The number of thioether (sulfide) groups is 1. The number of benzene rings is 1. The summed E-state index contributed by atoms with van der Waals surface area (Å²) in [7, 11) is 0. The predicted octanol–water partition coefficient (Wildman–Crippen LogP) is 4.96. The standard InChI is InChI=1S/C35H55N3O7S/c1-29(2)10-6-7-18-41-20-22-43-23-21-42-19-17-38-34(40)32-13-8-12-31(26-32)14-15-35(5,46-28-36)45-25-24-44-27-33(39)37-16-9-11-30(3)4/h8,12-13,26,29-30H,6-7,10,14-25,27H2,1-5H3,(H,37,39)(H,38,40). The predicted molar refractivity (Wildman–Crippen MR) is 182 cm³/mol. The highest BCUT2D eigenvalue weighted by atomic mass is 32.2. The lowest BCUT2D eigenvalue weighted by atomic mass is 10.0. The van der Waals surface area contributed by atoms with Crippen molar-refractivity contribution in [2.75, 3.05) is 72.6 Å². The van der Waals surface area contributed by atoms with Gasteiger partial charge in [-0.05, 0) is 61.6 Å². The van der Waals surface area contributed by atoms with Crippen LogP contribution in [0.3, 0.4) is 0 Å². The number of thiocyanates is 1. The van der Waals surface area contributed by atoms with Gasteiger partial charge >= 0.3 is 0 Å². The molecule has 0 aliphatic rings. The molecule has 0 aliphatic carbocycles. The number of carbonyl (C=O) groups excluding carboxylic acids is 2. The Morgan fingerprint density at radius 1 is 0.913 bits per heavy atom. The van der Waals surface area contributed by atoms with Crippen molar-refractivity contribution in [2.45, 2.75) is 71.7 Å². The monoisotopic (exact) mass is 661 g/mol. The number of rotatable bonds is 26. The molecule has 46 heavy (non-hydrogen) atoms. The van der Waals surface area contributed by atoms with Gasteiger partial charge in [0.2, 0.25) is 5.91 Å². The van der Waals surface area contributed by atoms with E-state index in [1.165, 1.54) is 12.8 Å². The normalized spacial score (nSPS) is 12.3. The van der Waals surface area contributed by atoms with E-state index >= 15 is 0 Å². The van der Waals surface area contributed by atoms with Gasteiger partial charge in [-0.1, -0.05) is 64.5 Å². The van der Waals surface area contributed by atoms with E-state index in [1.54, 1.807) is 6.07 Å². The number of nitriles is 1. The van der Waals surface area contributed by atoms with E-state index in [0.29, 0.717) is 58.0 Å². The number of amides is 2. The Hall–Kier alpha value is -2.64. The summed E-state index contributed by atoms with van der Waals surface area (Å²) in [6.45, 7) is 14.6. The highest BCUT2D eigenvalue weighted by molar-refractivity contribution is 8.04. The molecule has 0 saturated heterocycles. The van der Waals surface area contributed by atoms with Crippen LogP contribution in [-0.4, -0.2) is 89.3 Å². The Balaban J connectivity index is 2.24. The summed E-state index contributed by atoms with van der Waals surface area (Å²) in [5.41, 5.74) is 1.52. The van der Waals surface area contributed by atoms with Crippen molar-refractivity contribution < 1.29 is 33.3 Å². The minimum Gasteiger partial charge on any atom is -0.379 e. The first-order valence-electron chi connectivity index (χ1n) is 16.3. The molecular formula is C35H55N3O7S. The quantitative estimate of drug-likeness (QED) is 0.0613. The summed E-state index contributed by atoms with van der Waals surface area (Å²) < 4.78 is 28.0. The second-order valence-electron chi connectivity index (χ2n) is 11.7. The van der Waals surface area contributed by atoms with Crippen LogP contribution in [0.2, 0.25) is 0 Å². The number of hydrogen-bond acceptors (Lipinski definition) is 9. The van der Waals surface area contributed by atoms with Crippen molar-refractivity contribution in [1.82, 2.24) is 10.6 Å². The highest BCUT2D eigenvalue weighted by Gasteiger charge is 2.26. The van der Waals surface area contributed by atoms with Crippen molar-refractivity contribution in [3.05, 3.63) is 35.4 Å². The summed E-state index contributed by atoms with van der Waals surface area (Å²) in [4.78, 5) is 23.7. The zero-order valence-electron chi connectivity index (χ0n) is 28.5. The van der Waals surface area contributed by atoms with E-state index in [-0.39, 0.29) is 44.1 Å². The number of ether oxygens (including phenoxy) is 5. The first-order valence-corrected chi connectivity index (χ1v) is 17.1. The molecule has 0 heterocycles. The Labute approximate surface area is 281 Å². The van der Waals surface area contributed by atoms with Crippen LogP contribution in [0.25, 0.3) is 0 Å². The van der Waals surface area contributed by atoms with Gasteiger partial charge in [0.25, 0.3) is 5.91 Å². The summed E-state index contributed by atoms with van der Waals surface area (Å²) in [6, 6.07) is 7.41. The second-order valence-corrected chi connectivity index (χ2v) is 12.9. The van der Waals surface area contributed by atoms with Crippen molar-refractivity contribution in [1.29, 1.82) is 5.26 Å². The Kier molecular flexibility index (Phi) is 23.8. The highest BCUT2D eigenvalue weighted by Crippen LogP contribution is 2.31. The third kappa shape index (κ3) is 22.8. The lowest BCUT2D eigenvalue weighted by Gasteiger charge is -2.26. The van der Waals surface area contributed by atoms with Gasteiger partial charge in [-0.3, -0.25) is 9.59 Å². The van der Waals surface area contributed by atoms with Crippen LogP contribution < -0.4 is 10.6 Å². The molecular weight excluding hydrogens is 606 g/mol. The summed E-state index contributed by atoms with van der Waals surface area (Å²) >= 11 is 1.04. The van der Waals surface area contributed by atoms with Crippen molar-refractivity contribution in [2.24, 2.45) is 11.8 Å². The zero-order valence-corrected chi connectivity index (χ0v) is 29.3. The SMILES string of the molecule is CC(C)C#CCNC(=O)COCCOC(C)(CCc1cccc(C(=O)NCCOCCOCCOCCCCC(C)C)c1)SC#N. The number of nitrogens with zero attached hydrogens (tertiary/aromatic N) is 1. The Morgan fingerprint density at radius 3 is 2.30 bits per heavy atom. The molecule has 0 radical (unpaired) electrons. The smallest absolute Gasteiger partial charge is 0.251 e. The van der Waals surface area contributed by atoms with E-state index in [9.17, 15) is 14.9 Å². The largest absolute Gasteiger partial charge is 0.379 e. The minimum absolute atomic E-state index is 0.0843. The van der Waals surface area contributed by atoms with E-state index in [1.807, 2.05) is 39.0 Å². The van der Waals surface area contributed by atoms with Crippen molar-refractivity contribution in [3.63, 3.8) is 0 Å². The number of hydrogen-bond donors (Lipinski definition) is 2. The molecule has 0 aliphatic heterocycles. The maximum atomic E-state index is 12.7. The van der Waals surface area contributed by atoms with Gasteiger partial charge in [-0.2, -0.15) is 5.26 Å². The lowest BCUT2D eigenvalue weighted by Crippen LogP contribution is -2.30. The van der Waals surface area contributed by atoms with Crippen LogP contribution >= 0.6 is 11.8 Å². The molecule has 0 saturated carbocycles. The number of aryl methyl sites for hydroxylation is 1. The molecule has 1 aromatic rings. The molecule has 10 nitrogen and oxygen atoms in total. The van der Waals surface area contributed by atoms with Crippen LogP contribution in [0.15, 0.2) is 24.3 Å². The van der Waals surface area contributed by atoms with Gasteiger partial charge in [-0.25, -0.2) is 0 Å². The molecule has 0 bridgehead atoms. The lowest BCUT2D eigenvalue weighted by molar-refractivity contribution is -0.126. The first-order chi connectivity index (χ1) is 22.1. The summed E-state index contributed by atoms with van der Waals surface area (Å²) in [5.74, 6) is 6.45. The molecule has 2 amide bonds. The molecule has 1 aromatic carbocycles. The topological polar surface area (TPSA) is 128 Å². The fourth-order valence-corrected chi connectivity index (χ4v) is 4.60. The molecule has 0 fully saturated rings. The second kappa shape index (κ2) is 26.4. The van der Waals surface area contributed by atoms with Gasteiger partial charge in [0.1, 0.15) is 16.9 Å². The molecule has 1 rings (SSSR count). The van der Waals surface area contributed by atoms with Gasteiger partial charge in [0, 0.05) is 24.6 Å². The number of carbonyl (C=O) groups is 2. The number of nitrogens with one attached hydrogen (secondary N) is 2. The minimum atomic E-state index is -0.772. The van der Waals surface area contributed by atoms with Crippen LogP contribution in [-0.2, 0) is 34.9 Å². The molecule has 0 aromatic heterocycles. The van der Waals surface area contributed by atoms with Gasteiger partial charge in [0.15, 0.2) is 0 Å². The molecule has 11 heteroatoms. The Bertz CT molecular complexity index is 1080. The maximum Gasteiger partial charge on any atom is 0.251 e. The fraction of sp³-hybridized carbons (Fsp3) is 0.686. The average molecular weight is 662 g/mol. The fourth-order valence-electron chi connectivity index (χ4n) is 4.06. The van der Waals surface area contributed by atoms with Crippen LogP contribution in [0, 0.1) is 34.3 Å². The van der Waals surface area contributed by atoms with E-state index in [0.717, 1.165) is 36.3 Å². The number of unbranched alkanes of at least 4 members (excludes halogenated alkanes) is 1. The van der Waals surface area contributed by atoms with Gasteiger partial charge in [0.05, 0.1) is 52.8 Å². The zero-order chi connectivity index (χ0) is 33.9. The van der Waals surface area contributed by atoms with Crippen LogP contribution in [0.4, 0.5) is 0 Å². The maximum absolute atomic E-state index is 12.7. The average Bonchev–Trinajstić information content (AvgIpc) is 3.02. The van der Waals surface area contributed by atoms with E-state index < -0.39 is 4.93 Å². The van der Waals surface area contributed by atoms with Crippen molar-refractivity contribution >= 4 is 23.6 Å². The van der Waals surface area contributed by atoms with Crippen molar-refractivity contribution in [3.8, 4) is 17.2 Å². The molecule has 258 valence electrons. The molecule has 0 spiro atoms. The molecule has 1 unspecified atom stereocenters. The summed E-state index contributed by atoms with van der Waals surface area (Å²) in [5, 5.41) is 17.0. The Morgan fingerprint density at radius 2 is 1.61 bits per heavy atom. The van der Waals surface area contributed by atoms with E-state index in [4.69, 9.17) is 23.7 Å². The molecule has 2 N–H and O–H groups in total.